The van der Waals surface area contributed by atoms with Gasteiger partial charge in [-0.15, -0.1) is 0 Å². The molecule has 1 aromatic carbocycles. The van der Waals surface area contributed by atoms with E-state index in [0.717, 1.165) is 4.47 Å². The molecule has 1 aromatic heterocycles. The van der Waals surface area contributed by atoms with E-state index in [1.165, 1.54) is 18.3 Å². The van der Waals surface area contributed by atoms with Crippen molar-refractivity contribution in [2.75, 3.05) is 0 Å². The fraction of sp³-hybridized carbons (Fsp3) is 0.0833. The zero-order valence-electron chi connectivity index (χ0n) is 9.50. The second kappa shape index (κ2) is 6.15. The van der Waals surface area contributed by atoms with Crippen molar-refractivity contribution in [2.24, 2.45) is 5.84 Å². The van der Waals surface area contributed by atoms with Gasteiger partial charge in [-0.2, -0.15) is 0 Å². The Balaban J connectivity index is 2.52. The summed E-state index contributed by atoms with van der Waals surface area (Å²) in [5, 5.41) is 0.717. The molecule has 1 unspecified atom stereocenters. The summed E-state index contributed by atoms with van der Waals surface area (Å²) in [7, 11) is 0. The van der Waals surface area contributed by atoms with Gasteiger partial charge < -0.3 is 0 Å². The molecule has 3 N–H and O–H groups in total. The molecule has 1 heterocycles. The van der Waals surface area contributed by atoms with Crippen LogP contribution in [0.2, 0.25) is 10.0 Å². The lowest BCUT2D eigenvalue weighted by Crippen LogP contribution is -2.30. The van der Waals surface area contributed by atoms with Crippen molar-refractivity contribution < 1.29 is 4.39 Å². The fourth-order valence-electron chi connectivity index (χ4n) is 1.69. The third-order valence-corrected chi connectivity index (χ3v) is 3.55. The van der Waals surface area contributed by atoms with Crippen molar-refractivity contribution in [3.8, 4) is 0 Å². The third-order valence-electron chi connectivity index (χ3n) is 2.55. The topological polar surface area (TPSA) is 50.9 Å². The van der Waals surface area contributed by atoms with E-state index >= 15 is 0 Å². The fourth-order valence-corrected chi connectivity index (χ4v) is 2.56. The van der Waals surface area contributed by atoms with Gasteiger partial charge in [0.25, 0.3) is 0 Å². The number of rotatable bonds is 3. The number of pyridine rings is 1. The molecule has 0 aliphatic heterocycles. The lowest BCUT2D eigenvalue weighted by Gasteiger charge is -2.18. The van der Waals surface area contributed by atoms with Gasteiger partial charge in [0.1, 0.15) is 5.82 Å². The molecule has 0 aliphatic carbocycles. The predicted octanol–water partition coefficient (Wildman–Crippen LogP) is 3.84. The number of hydrazine groups is 1. The minimum Gasteiger partial charge on any atom is -0.271 e. The lowest BCUT2D eigenvalue weighted by molar-refractivity contribution is 0.553. The number of nitrogens with one attached hydrogen (secondary N) is 1. The SMILES string of the molecule is NNC(c1cc(Br)ccc1F)c1ncc(Cl)cc1Cl. The molecular weight excluding hydrogens is 356 g/mol. The van der Waals surface area contributed by atoms with Crippen molar-refractivity contribution >= 4 is 39.1 Å². The van der Waals surface area contributed by atoms with Crippen LogP contribution in [0.15, 0.2) is 34.9 Å². The van der Waals surface area contributed by atoms with Crippen LogP contribution in [0.1, 0.15) is 17.3 Å². The monoisotopic (exact) mass is 363 g/mol. The second-order valence-electron chi connectivity index (χ2n) is 3.79. The maximum absolute atomic E-state index is 13.9. The molecule has 2 rings (SSSR count). The first-order chi connectivity index (χ1) is 9.02. The smallest absolute Gasteiger partial charge is 0.128 e. The largest absolute Gasteiger partial charge is 0.271 e. The van der Waals surface area contributed by atoms with Crippen molar-refractivity contribution in [2.45, 2.75) is 6.04 Å². The van der Waals surface area contributed by atoms with Gasteiger partial charge in [0.05, 0.1) is 21.8 Å². The molecule has 0 amide bonds. The summed E-state index contributed by atoms with van der Waals surface area (Å²) in [4.78, 5) is 4.11. The van der Waals surface area contributed by atoms with Crippen LogP contribution in [0.3, 0.4) is 0 Å². The van der Waals surface area contributed by atoms with E-state index in [4.69, 9.17) is 29.0 Å². The Hall–Kier alpha value is -0.720. The number of halogens is 4. The van der Waals surface area contributed by atoms with Crippen LogP contribution in [-0.4, -0.2) is 4.98 Å². The molecule has 0 saturated carbocycles. The van der Waals surface area contributed by atoms with E-state index in [-0.39, 0.29) is 0 Å². The Morgan fingerprint density at radius 2 is 2.05 bits per heavy atom. The number of nitrogens with zero attached hydrogens (tertiary/aromatic N) is 1. The summed E-state index contributed by atoms with van der Waals surface area (Å²) in [6.45, 7) is 0. The van der Waals surface area contributed by atoms with Crippen molar-refractivity contribution in [3.63, 3.8) is 0 Å². The number of nitrogens with two attached hydrogens (primary N) is 1. The molecule has 0 radical (unpaired) electrons. The summed E-state index contributed by atoms with van der Waals surface area (Å²) in [5.41, 5.74) is 3.26. The van der Waals surface area contributed by atoms with Crippen LogP contribution >= 0.6 is 39.1 Å². The molecular formula is C12H9BrCl2FN3. The molecule has 19 heavy (non-hydrogen) atoms. The Labute approximate surface area is 128 Å². The van der Waals surface area contributed by atoms with Gasteiger partial charge in [0.2, 0.25) is 0 Å². The van der Waals surface area contributed by atoms with E-state index in [1.807, 2.05) is 0 Å². The first kappa shape index (κ1) is 14.7. The zero-order valence-corrected chi connectivity index (χ0v) is 12.6. The third kappa shape index (κ3) is 3.24. The standard InChI is InChI=1S/C12H9BrCl2FN3/c13-6-1-2-10(16)8(3-6)11(19-17)12-9(15)4-7(14)5-18-12/h1-5,11,19H,17H2. The molecule has 0 spiro atoms. The van der Waals surface area contributed by atoms with Gasteiger partial charge in [-0.3, -0.25) is 10.8 Å². The normalized spacial score (nSPS) is 12.5. The maximum Gasteiger partial charge on any atom is 0.128 e. The molecule has 2 aromatic rings. The first-order valence-electron chi connectivity index (χ1n) is 5.25. The van der Waals surface area contributed by atoms with E-state index in [2.05, 4.69) is 26.3 Å². The molecule has 0 saturated heterocycles. The Morgan fingerprint density at radius 1 is 1.32 bits per heavy atom. The van der Waals surface area contributed by atoms with Gasteiger partial charge in [0, 0.05) is 16.2 Å². The van der Waals surface area contributed by atoms with E-state index in [1.54, 1.807) is 12.1 Å². The van der Waals surface area contributed by atoms with Crippen LogP contribution < -0.4 is 11.3 Å². The average molecular weight is 365 g/mol. The average Bonchev–Trinajstić information content (AvgIpc) is 2.36. The molecule has 7 heteroatoms. The quantitative estimate of drug-likeness (QED) is 0.642. The van der Waals surface area contributed by atoms with E-state index in [0.29, 0.717) is 21.3 Å². The maximum atomic E-state index is 13.9. The van der Waals surface area contributed by atoms with Gasteiger partial charge in [-0.25, -0.2) is 9.82 Å². The van der Waals surface area contributed by atoms with Gasteiger partial charge in [-0.1, -0.05) is 39.1 Å². The summed E-state index contributed by atoms with van der Waals surface area (Å²) >= 11 is 15.1. The number of benzene rings is 1. The molecule has 0 aliphatic rings. The molecule has 3 nitrogen and oxygen atoms in total. The summed E-state index contributed by atoms with van der Waals surface area (Å²) in [5.74, 6) is 5.10. The lowest BCUT2D eigenvalue weighted by atomic mass is 10.0. The van der Waals surface area contributed by atoms with Crippen molar-refractivity contribution in [1.82, 2.24) is 10.4 Å². The van der Waals surface area contributed by atoms with Crippen molar-refractivity contribution in [1.29, 1.82) is 0 Å². The second-order valence-corrected chi connectivity index (χ2v) is 5.55. The van der Waals surface area contributed by atoms with Crippen LogP contribution in [0, 0.1) is 5.82 Å². The van der Waals surface area contributed by atoms with Gasteiger partial charge in [-0.05, 0) is 24.3 Å². The minimum atomic E-state index is -0.665. The Kier molecular flexibility index (Phi) is 4.76. The highest BCUT2D eigenvalue weighted by molar-refractivity contribution is 9.10. The number of hydrogen-bond donors (Lipinski definition) is 2. The molecule has 1 atom stereocenters. The van der Waals surface area contributed by atoms with Crippen LogP contribution in [-0.2, 0) is 0 Å². The highest BCUT2D eigenvalue weighted by Crippen LogP contribution is 2.30. The van der Waals surface area contributed by atoms with E-state index in [9.17, 15) is 4.39 Å². The van der Waals surface area contributed by atoms with Gasteiger partial charge >= 0.3 is 0 Å². The zero-order chi connectivity index (χ0) is 14.0. The summed E-state index contributed by atoms with van der Waals surface area (Å²) < 4.78 is 14.6. The first-order valence-corrected chi connectivity index (χ1v) is 6.80. The van der Waals surface area contributed by atoms with Crippen LogP contribution in [0.5, 0.6) is 0 Å². The summed E-state index contributed by atoms with van der Waals surface area (Å²) in [6, 6.07) is 5.43. The van der Waals surface area contributed by atoms with Crippen LogP contribution in [0.25, 0.3) is 0 Å². The number of hydrogen-bond acceptors (Lipinski definition) is 3. The molecule has 0 bridgehead atoms. The van der Waals surface area contributed by atoms with E-state index < -0.39 is 11.9 Å². The predicted molar refractivity (Wildman–Crippen MR) is 77.5 cm³/mol. The molecule has 100 valence electrons. The molecule has 0 fully saturated rings. The Bertz CT molecular complexity index is 610. The highest BCUT2D eigenvalue weighted by Gasteiger charge is 2.21. The Morgan fingerprint density at radius 3 is 2.68 bits per heavy atom. The number of aromatic nitrogens is 1. The van der Waals surface area contributed by atoms with Gasteiger partial charge in [0.15, 0.2) is 0 Å². The highest BCUT2D eigenvalue weighted by atomic mass is 79.9. The summed E-state index contributed by atoms with van der Waals surface area (Å²) in [6.07, 6.45) is 1.43. The van der Waals surface area contributed by atoms with Crippen molar-refractivity contribution in [3.05, 3.63) is 62.1 Å². The minimum absolute atomic E-state index is 0.315. The van der Waals surface area contributed by atoms with Crippen LogP contribution in [0.4, 0.5) is 4.39 Å².